The molecule has 5 nitrogen and oxygen atoms in total. The van der Waals surface area contributed by atoms with E-state index in [9.17, 15) is 31.1 Å². The number of fused-ring (bicyclic) bond motifs is 1. The Morgan fingerprint density at radius 2 is 1.74 bits per heavy atom. The van der Waals surface area contributed by atoms with Crippen molar-refractivity contribution in [2.75, 3.05) is 13.1 Å². The Morgan fingerprint density at radius 3 is 2.38 bits per heavy atom. The highest BCUT2D eigenvalue weighted by Crippen LogP contribution is 2.48. The van der Waals surface area contributed by atoms with Crippen LogP contribution in [0.25, 0.3) is 22.2 Å². The summed E-state index contributed by atoms with van der Waals surface area (Å²) in [7, 11) is 0. The van der Waals surface area contributed by atoms with Gasteiger partial charge in [-0.1, -0.05) is 0 Å². The first-order chi connectivity index (χ1) is 16.0. The van der Waals surface area contributed by atoms with Crippen LogP contribution in [-0.2, 0) is 0 Å². The summed E-state index contributed by atoms with van der Waals surface area (Å²) in [5, 5.41) is 13.7. The van der Waals surface area contributed by atoms with Crippen molar-refractivity contribution in [1.82, 2.24) is 15.6 Å². The van der Waals surface area contributed by atoms with Crippen LogP contribution >= 0.6 is 0 Å². The van der Waals surface area contributed by atoms with Gasteiger partial charge < -0.3 is 20.7 Å². The van der Waals surface area contributed by atoms with Crippen LogP contribution < -0.4 is 10.6 Å². The highest BCUT2D eigenvalue weighted by molar-refractivity contribution is 5.92. The van der Waals surface area contributed by atoms with Crippen molar-refractivity contribution in [2.24, 2.45) is 5.92 Å². The fraction of sp³-hybridized carbons (Fsp3) is 0.348. The second-order valence-electron chi connectivity index (χ2n) is 8.41. The molecule has 1 saturated carbocycles. The molecule has 1 aliphatic carbocycles. The molecule has 0 aliphatic heterocycles. The van der Waals surface area contributed by atoms with Crippen LogP contribution in [0.5, 0.6) is 0 Å². The summed E-state index contributed by atoms with van der Waals surface area (Å²) >= 11 is 0. The number of aromatic amines is 1. The zero-order valence-corrected chi connectivity index (χ0v) is 17.6. The number of hydrogen-bond acceptors (Lipinski definition) is 2. The molecule has 3 aromatic rings. The van der Waals surface area contributed by atoms with Crippen molar-refractivity contribution in [1.29, 1.82) is 0 Å². The van der Waals surface area contributed by atoms with Crippen LogP contribution in [0.2, 0.25) is 0 Å². The normalized spacial score (nSPS) is 19.0. The number of H-pyrrole nitrogens is 1. The molecule has 11 heteroatoms. The van der Waals surface area contributed by atoms with E-state index in [1.54, 1.807) is 0 Å². The van der Waals surface area contributed by atoms with Crippen LogP contribution in [0.15, 0.2) is 36.4 Å². The van der Waals surface area contributed by atoms with Gasteiger partial charge >= 0.3 is 12.2 Å². The molecule has 1 atom stereocenters. The third-order valence-electron chi connectivity index (χ3n) is 6.03. The molecule has 1 aliphatic rings. The second-order valence-corrected chi connectivity index (χ2v) is 8.41. The summed E-state index contributed by atoms with van der Waals surface area (Å²) in [4.78, 5) is 14.7. The van der Waals surface area contributed by atoms with Crippen LogP contribution in [0.4, 0.5) is 31.1 Å². The molecule has 0 saturated heterocycles. The Balaban J connectivity index is 1.45. The monoisotopic (exact) mass is 485 g/mol. The number of halogens is 6. The van der Waals surface area contributed by atoms with Crippen molar-refractivity contribution in [2.45, 2.75) is 31.0 Å². The van der Waals surface area contributed by atoms with Crippen molar-refractivity contribution >= 4 is 16.9 Å². The maximum atomic E-state index is 14.4. The Bertz CT molecular complexity index is 1190. The number of hydrogen-bond donors (Lipinski definition) is 4. The van der Waals surface area contributed by atoms with Crippen molar-refractivity contribution in [3.8, 4) is 11.3 Å². The maximum Gasteiger partial charge on any atom is 0.416 e. The number of carbonyl (C=O) groups is 1. The van der Waals surface area contributed by atoms with Gasteiger partial charge in [-0.05, 0) is 66.1 Å². The van der Waals surface area contributed by atoms with E-state index in [4.69, 9.17) is 5.11 Å². The van der Waals surface area contributed by atoms with Crippen LogP contribution in [0, 0.1) is 23.4 Å². The number of amides is 2. The molecule has 1 heterocycles. The fourth-order valence-corrected chi connectivity index (χ4v) is 4.25. The molecule has 2 amide bonds. The smallest absolute Gasteiger partial charge is 0.382 e. The van der Waals surface area contributed by atoms with E-state index in [-0.39, 0.29) is 23.9 Å². The first-order valence-electron chi connectivity index (χ1n) is 10.6. The summed E-state index contributed by atoms with van der Waals surface area (Å²) in [6, 6.07) is 6.79. The summed E-state index contributed by atoms with van der Waals surface area (Å²) in [6.45, 7) is -0.780. The van der Waals surface area contributed by atoms with Crippen LogP contribution in [0.1, 0.15) is 24.3 Å². The van der Waals surface area contributed by atoms with Gasteiger partial charge in [-0.25, -0.2) is 18.0 Å². The van der Waals surface area contributed by atoms with E-state index >= 15 is 0 Å². The Labute approximate surface area is 190 Å². The first-order valence-corrected chi connectivity index (χ1v) is 10.6. The minimum Gasteiger partial charge on any atom is -0.382 e. The SMILES string of the molecule is O=C(NCC1CC(c2c(-c3ccc(F)cc3)[nH]c3c(F)cc(F)cc23)C1)NC[C@@H](O)C(F)(F)F. The van der Waals surface area contributed by atoms with E-state index < -0.39 is 42.3 Å². The Kier molecular flexibility index (Phi) is 6.48. The molecule has 0 unspecified atom stereocenters. The van der Waals surface area contributed by atoms with E-state index in [0.717, 1.165) is 6.07 Å². The second kappa shape index (κ2) is 9.21. The van der Waals surface area contributed by atoms with Gasteiger partial charge in [0.1, 0.15) is 17.5 Å². The zero-order valence-electron chi connectivity index (χ0n) is 17.6. The van der Waals surface area contributed by atoms with Crippen molar-refractivity contribution in [3.05, 3.63) is 59.4 Å². The van der Waals surface area contributed by atoms with E-state index in [1.807, 2.05) is 5.32 Å². The zero-order chi connectivity index (χ0) is 24.6. The number of nitrogens with one attached hydrogen (secondary N) is 3. The number of benzene rings is 2. The number of carbonyl (C=O) groups excluding carboxylic acids is 1. The lowest BCUT2D eigenvalue weighted by atomic mass is 9.70. The van der Waals surface area contributed by atoms with Gasteiger partial charge in [0.05, 0.1) is 17.8 Å². The standard InChI is InChI=1S/C23H21F6N3O2/c24-14-3-1-12(2-4-14)20-19(16-7-15(25)8-17(26)21(16)32-20)13-5-11(6-13)9-30-22(34)31-10-18(33)23(27,28)29/h1-4,7-8,11,13,18,32-33H,5-6,9-10H2,(H2,30,31,34)/t11?,13?,18-/m1/s1. The highest BCUT2D eigenvalue weighted by atomic mass is 19.4. The molecule has 0 spiro atoms. The molecule has 2 aromatic carbocycles. The molecular weight excluding hydrogens is 464 g/mol. The molecule has 4 N–H and O–H groups in total. The third kappa shape index (κ3) is 4.98. The third-order valence-corrected chi connectivity index (χ3v) is 6.03. The van der Waals surface area contributed by atoms with Gasteiger partial charge in [0.25, 0.3) is 0 Å². The topological polar surface area (TPSA) is 77.2 Å². The minimum absolute atomic E-state index is 0.00675. The largest absolute Gasteiger partial charge is 0.416 e. The predicted octanol–water partition coefficient (Wildman–Crippen LogP) is 4.97. The number of alkyl halides is 3. The molecule has 34 heavy (non-hydrogen) atoms. The lowest BCUT2D eigenvalue weighted by molar-refractivity contribution is -0.201. The summed E-state index contributed by atoms with van der Waals surface area (Å²) in [6.07, 6.45) is -6.36. The predicted molar refractivity (Wildman–Crippen MR) is 113 cm³/mol. The van der Waals surface area contributed by atoms with Crippen molar-refractivity contribution in [3.63, 3.8) is 0 Å². The maximum absolute atomic E-state index is 14.4. The van der Waals surface area contributed by atoms with Crippen LogP contribution in [-0.4, -0.2) is 41.5 Å². The molecule has 0 bridgehead atoms. The van der Waals surface area contributed by atoms with E-state index in [1.165, 1.54) is 30.3 Å². The van der Waals surface area contributed by atoms with Crippen molar-refractivity contribution < 1.29 is 36.2 Å². The van der Waals surface area contributed by atoms with Gasteiger partial charge in [0, 0.05) is 18.0 Å². The quantitative estimate of drug-likeness (QED) is 0.372. The van der Waals surface area contributed by atoms with Gasteiger partial charge in [0.15, 0.2) is 6.10 Å². The average molecular weight is 485 g/mol. The number of aliphatic hydroxyl groups excluding tert-OH is 1. The number of rotatable bonds is 6. The lowest BCUT2D eigenvalue weighted by Gasteiger charge is -2.36. The molecule has 4 rings (SSSR count). The molecule has 0 radical (unpaired) electrons. The highest BCUT2D eigenvalue weighted by Gasteiger charge is 2.38. The molecular formula is C23H21F6N3O2. The minimum atomic E-state index is -4.82. The van der Waals surface area contributed by atoms with Gasteiger partial charge in [0.2, 0.25) is 0 Å². The number of aliphatic hydroxyl groups is 1. The molecule has 1 fully saturated rings. The van der Waals surface area contributed by atoms with Gasteiger partial charge in [-0.3, -0.25) is 0 Å². The lowest BCUT2D eigenvalue weighted by Crippen LogP contribution is -2.46. The van der Waals surface area contributed by atoms with Gasteiger partial charge in [-0.15, -0.1) is 0 Å². The Morgan fingerprint density at radius 1 is 1.06 bits per heavy atom. The summed E-state index contributed by atoms with van der Waals surface area (Å²) in [5.41, 5.74) is 1.99. The van der Waals surface area contributed by atoms with Gasteiger partial charge in [-0.2, -0.15) is 13.2 Å². The van der Waals surface area contributed by atoms with E-state index in [2.05, 4.69) is 10.3 Å². The average Bonchev–Trinajstić information content (AvgIpc) is 3.10. The fourth-order valence-electron chi connectivity index (χ4n) is 4.25. The summed E-state index contributed by atoms with van der Waals surface area (Å²) in [5.74, 6) is -2.02. The summed E-state index contributed by atoms with van der Waals surface area (Å²) < 4.78 is 78.7. The molecule has 1 aromatic heterocycles. The van der Waals surface area contributed by atoms with E-state index in [0.29, 0.717) is 35.0 Å². The first kappa shape index (κ1) is 23.9. The Hall–Kier alpha value is -3.21. The van der Waals surface area contributed by atoms with Crippen LogP contribution in [0.3, 0.4) is 0 Å². The number of aromatic nitrogens is 1. The molecule has 182 valence electrons. The number of urea groups is 1.